The van der Waals surface area contributed by atoms with Gasteiger partial charge in [-0.05, 0) is 12.8 Å². The van der Waals surface area contributed by atoms with E-state index in [0.29, 0.717) is 19.0 Å². The first-order chi connectivity index (χ1) is 8.22. The summed E-state index contributed by atoms with van der Waals surface area (Å²) in [7, 11) is 1.30. The number of anilines is 1. The van der Waals surface area contributed by atoms with Gasteiger partial charge in [0.25, 0.3) is 0 Å². The Hall–Kier alpha value is -1.69. The number of nitrogens with zero attached hydrogens (tertiary/aromatic N) is 2. The van der Waals surface area contributed by atoms with Crippen molar-refractivity contribution in [2.75, 3.05) is 26.1 Å². The highest BCUT2D eigenvalue weighted by molar-refractivity contribution is 5.93. The van der Waals surface area contributed by atoms with Crippen molar-refractivity contribution in [1.29, 1.82) is 0 Å². The van der Waals surface area contributed by atoms with Gasteiger partial charge in [0.15, 0.2) is 0 Å². The maximum absolute atomic E-state index is 11.3. The van der Waals surface area contributed by atoms with Crippen molar-refractivity contribution in [3.05, 3.63) is 17.6 Å². The van der Waals surface area contributed by atoms with Crippen molar-refractivity contribution in [2.45, 2.75) is 18.8 Å². The van der Waals surface area contributed by atoms with Gasteiger partial charge in [-0.2, -0.15) is 0 Å². The molecular weight excluding hydrogens is 222 g/mol. The third-order valence-electron chi connectivity index (χ3n) is 2.83. The molecule has 6 nitrogen and oxygen atoms in total. The highest BCUT2D eigenvalue weighted by atomic mass is 16.5. The summed E-state index contributed by atoms with van der Waals surface area (Å²) in [4.78, 5) is 19.7. The lowest BCUT2D eigenvalue weighted by Gasteiger charge is -2.20. The molecule has 1 aromatic rings. The molecule has 0 saturated carbocycles. The molecular formula is C11H15N3O3. The number of nitrogens with two attached hydrogens (primary N) is 1. The number of hydrogen-bond acceptors (Lipinski definition) is 6. The van der Waals surface area contributed by atoms with E-state index in [1.165, 1.54) is 13.3 Å². The number of carbonyl (C=O) groups excluding carboxylic acids is 1. The number of aromatic nitrogens is 2. The summed E-state index contributed by atoms with van der Waals surface area (Å²) in [6.45, 7) is 1.43. The Morgan fingerprint density at radius 1 is 1.53 bits per heavy atom. The predicted octanol–water partition coefficient (Wildman–Crippen LogP) is 0.739. The number of nitrogen functional groups attached to an aromatic ring is 1. The fourth-order valence-corrected chi connectivity index (χ4v) is 1.83. The first-order valence-electron chi connectivity index (χ1n) is 5.51. The van der Waals surface area contributed by atoms with Crippen molar-refractivity contribution in [1.82, 2.24) is 9.97 Å². The van der Waals surface area contributed by atoms with Gasteiger partial charge in [0.1, 0.15) is 17.2 Å². The fraction of sp³-hybridized carbons (Fsp3) is 0.545. The maximum atomic E-state index is 11.3. The van der Waals surface area contributed by atoms with Crippen molar-refractivity contribution in [3.63, 3.8) is 0 Å². The Kier molecular flexibility index (Phi) is 3.53. The van der Waals surface area contributed by atoms with Crippen molar-refractivity contribution >= 4 is 11.8 Å². The van der Waals surface area contributed by atoms with E-state index in [1.807, 2.05) is 0 Å². The fourth-order valence-electron chi connectivity index (χ4n) is 1.83. The highest BCUT2D eigenvalue weighted by Crippen LogP contribution is 2.25. The topological polar surface area (TPSA) is 87.3 Å². The van der Waals surface area contributed by atoms with Gasteiger partial charge in [-0.15, -0.1) is 0 Å². The summed E-state index contributed by atoms with van der Waals surface area (Å²) in [5.74, 6) is 0.602. The minimum absolute atomic E-state index is 0.174. The molecule has 1 aliphatic rings. The van der Waals surface area contributed by atoms with E-state index in [1.54, 1.807) is 0 Å². The molecule has 0 atom stereocenters. The smallest absolute Gasteiger partial charge is 0.343 e. The molecule has 2 heterocycles. The second-order valence-corrected chi connectivity index (χ2v) is 3.91. The van der Waals surface area contributed by atoms with Crippen LogP contribution in [0.4, 0.5) is 5.82 Å². The molecule has 1 aliphatic heterocycles. The number of esters is 1. The lowest BCUT2D eigenvalue weighted by Crippen LogP contribution is -2.18. The minimum atomic E-state index is -0.513. The molecule has 2 N–H and O–H groups in total. The van der Waals surface area contributed by atoms with Crippen LogP contribution in [0, 0.1) is 0 Å². The number of carbonyl (C=O) groups is 1. The molecule has 0 radical (unpaired) electrons. The van der Waals surface area contributed by atoms with Gasteiger partial charge in [-0.3, -0.25) is 0 Å². The van der Waals surface area contributed by atoms with E-state index in [2.05, 4.69) is 14.7 Å². The second-order valence-electron chi connectivity index (χ2n) is 3.91. The summed E-state index contributed by atoms with van der Waals surface area (Å²) in [5.41, 5.74) is 5.93. The van der Waals surface area contributed by atoms with Gasteiger partial charge in [0.2, 0.25) is 0 Å². The second kappa shape index (κ2) is 5.09. The predicted molar refractivity (Wildman–Crippen MR) is 60.6 cm³/mol. The zero-order chi connectivity index (χ0) is 12.3. The molecule has 0 bridgehead atoms. The van der Waals surface area contributed by atoms with Gasteiger partial charge in [0.05, 0.1) is 7.11 Å². The van der Waals surface area contributed by atoms with E-state index in [0.717, 1.165) is 12.8 Å². The van der Waals surface area contributed by atoms with Crippen LogP contribution in [0.1, 0.15) is 34.9 Å². The first kappa shape index (κ1) is 11.8. The Labute approximate surface area is 99.1 Å². The number of hydrogen-bond donors (Lipinski definition) is 1. The average Bonchev–Trinajstić information content (AvgIpc) is 2.39. The Morgan fingerprint density at radius 3 is 2.82 bits per heavy atom. The summed E-state index contributed by atoms with van der Waals surface area (Å²) in [5, 5.41) is 0. The monoisotopic (exact) mass is 237 g/mol. The van der Waals surface area contributed by atoms with Crippen molar-refractivity contribution < 1.29 is 14.3 Å². The molecule has 6 heteroatoms. The third kappa shape index (κ3) is 2.52. The van der Waals surface area contributed by atoms with Crippen LogP contribution < -0.4 is 5.73 Å². The minimum Gasteiger partial charge on any atom is -0.465 e. The quantitative estimate of drug-likeness (QED) is 0.763. The van der Waals surface area contributed by atoms with Gasteiger partial charge < -0.3 is 15.2 Å². The summed E-state index contributed by atoms with van der Waals surface area (Å²) >= 11 is 0. The van der Waals surface area contributed by atoms with Crippen LogP contribution >= 0.6 is 0 Å². The van der Waals surface area contributed by atoms with E-state index in [4.69, 9.17) is 10.5 Å². The molecule has 1 saturated heterocycles. The SMILES string of the molecule is COC(=O)c1cnc(C2CCOCC2)nc1N. The Balaban J connectivity index is 2.20. The molecule has 0 aliphatic carbocycles. The van der Waals surface area contributed by atoms with Crippen LogP contribution in [0.2, 0.25) is 0 Å². The number of ether oxygens (including phenoxy) is 2. The van der Waals surface area contributed by atoms with Crippen LogP contribution in [-0.4, -0.2) is 36.3 Å². The largest absolute Gasteiger partial charge is 0.465 e. The Bertz CT molecular complexity index is 416. The third-order valence-corrected chi connectivity index (χ3v) is 2.83. The highest BCUT2D eigenvalue weighted by Gasteiger charge is 2.20. The van der Waals surface area contributed by atoms with Crippen LogP contribution in [0.25, 0.3) is 0 Å². The van der Waals surface area contributed by atoms with Crippen LogP contribution in [-0.2, 0) is 9.47 Å². The zero-order valence-electron chi connectivity index (χ0n) is 9.68. The van der Waals surface area contributed by atoms with E-state index >= 15 is 0 Å². The van der Waals surface area contributed by atoms with Crippen molar-refractivity contribution in [3.8, 4) is 0 Å². The van der Waals surface area contributed by atoms with Crippen molar-refractivity contribution in [2.24, 2.45) is 0 Å². The lowest BCUT2D eigenvalue weighted by molar-refractivity contribution is 0.0600. The van der Waals surface area contributed by atoms with Gasteiger partial charge in [-0.1, -0.05) is 0 Å². The van der Waals surface area contributed by atoms with E-state index in [-0.39, 0.29) is 17.3 Å². The summed E-state index contributed by atoms with van der Waals surface area (Å²) in [6, 6.07) is 0. The Morgan fingerprint density at radius 2 is 2.24 bits per heavy atom. The lowest BCUT2D eigenvalue weighted by atomic mass is 9.99. The van der Waals surface area contributed by atoms with Crippen LogP contribution in [0.15, 0.2) is 6.20 Å². The molecule has 0 spiro atoms. The van der Waals surface area contributed by atoms with Crippen LogP contribution in [0.5, 0.6) is 0 Å². The van der Waals surface area contributed by atoms with E-state index < -0.39 is 5.97 Å². The normalized spacial score (nSPS) is 16.8. The number of rotatable bonds is 2. The molecule has 1 fully saturated rings. The standard InChI is InChI=1S/C11H15N3O3/c1-16-11(15)8-6-13-10(14-9(8)12)7-2-4-17-5-3-7/h6-7H,2-5H2,1H3,(H2,12,13,14). The van der Waals surface area contributed by atoms with E-state index in [9.17, 15) is 4.79 Å². The molecule has 0 unspecified atom stereocenters. The molecule has 92 valence electrons. The summed E-state index contributed by atoms with van der Waals surface area (Å²) < 4.78 is 9.85. The maximum Gasteiger partial charge on any atom is 0.343 e. The zero-order valence-corrected chi connectivity index (χ0v) is 9.68. The van der Waals surface area contributed by atoms with Gasteiger partial charge in [-0.25, -0.2) is 14.8 Å². The molecule has 1 aromatic heterocycles. The molecule has 0 amide bonds. The van der Waals surface area contributed by atoms with Crippen LogP contribution in [0.3, 0.4) is 0 Å². The first-order valence-corrected chi connectivity index (χ1v) is 5.51. The summed E-state index contributed by atoms with van der Waals surface area (Å²) in [6.07, 6.45) is 3.20. The number of methoxy groups -OCH3 is 1. The molecule has 0 aromatic carbocycles. The molecule has 2 rings (SSSR count). The van der Waals surface area contributed by atoms with Gasteiger partial charge >= 0.3 is 5.97 Å². The molecule has 17 heavy (non-hydrogen) atoms. The van der Waals surface area contributed by atoms with Gasteiger partial charge in [0, 0.05) is 25.3 Å². The average molecular weight is 237 g/mol.